The smallest absolute Gasteiger partial charge is 0.326 e. The molecule has 0 bridgehead atoms. The van der Waals surface area contributed by atoms with E-state index in [0.29, 0.717) is 19.5 Å². The summed E-state index contributed by atoms with van der Waals surface area (Å²) in [4.78, 5) is 25.5. The molecule has 2 fully saturated rings. The van der Waals surface area contributed by atoms with Crippen LogP contribution in [0.2, 0.25) is 0 Å². The lowest BCUT2D eigenvalue weighted by Gasteiger charge is -2.33. The van der Waals surface area contributed by atoms with Crippen LogP contribution < -0.4 is 0 Å². The number of rotatable bonds is 6. The molecule has 0 spiro atoms. The zero-order chi connectivity index (χ0) is 17.2. The maximum Gasteiger partial charge on any atom is 0.326 e. The van der Waals surface area contributed by atoms with Crippen molar-refractivity contribution in [1.82, 2.24) is 9.21 Å². The van der Waals surface area contributed by atoms with E-state index in [1.165, 1.54) is 9.21 Å². The van der Waals surface area contributed by atoms with E-state index in [4.69, 9.17) is 0 Å². The van der Waals surface area contributed by atoms with Gasteiger partial charge in [-0.3, -0.25) is 4.79 Å². The molecule has 2 rings (SSSR count). The van der Waals surface area contributed by atoms with E-state index in [-0.39, 0.29) is 12.0 Å². The highest BCUT2D eigenvalue weighted by atomic mass is 32.2. The molecule has 0 aromatic carbocycles. The molecule has 132 valence electrons. The van der Waals surface area contributed by atoms with Crippen LogP contribution in [0.3, 0.4) is 0 Å². The molecule has 1 aliphatic heterocycles. The van der Waals surface area contributed by atoms with Crippen LogP contribution in [0.1, 0.15) is 46.0 Å². The second-order valence-corrected chi connectivity index (χ2v) is 8.31. The second-order valence-electron chi connectivity index (χ2n) is 6.34. The van der Waals surface area contributed by atoms with Gasteiger partial charge in [0.2, 0.25) is 15.9 Å². The summed E-state index contributed by atoms with van der Waals surface area (Å²) in [5.41, 5.74) is 0. The molecule has 8 heteroatoms. The van der Waals surface area contributed by atoms with Crippen molar-refractivity contribution in [2.75, 3.05) is 18.8 Å². The summed E-state index contributed by atoms with van der Waals surface area (Å²) in [6.45, 7) is 4.05. The number of carbonyl (C=O) groups excluding carboxylic acids is 1. The first-order valence-corrected chi connectivity index (χ1v) is 9.94. The SMILES string of the molecule is CCN(CC)S(=O)(=O)CC(=O)N1C(C(=O)O)CC2CCCCC21. The van der Waals surface area contributed by atoms with E-state index >= 15 is 0 Å². The van der Waals surface area contributed by atoms with Gasteiger partial charge >= 0.3 is 5.97 Å². The third kappa shape index (κ3) is 3.68. The van der Waals surface area contributed by atoms with Crippen LogP contribution in [0.4, 0.5) is 0 Å². The van der Waals surface area contributed by atoms with Gasteiger partial charge in [0.25, 0.3) is 0 Å². The van der Waals surface area contributed by atoms with Crippen molar-refractivity contribution in [3.63, 3.8) is 0 Å². The Hall–Kier alpha value is -1.15. The number of fused-ring (bicyclic) bond motifs is 1. The van der Waals surface area contributed by atoms with Crippen LogP contribution in [0, 0.1) is 5.92 Å². The minimum Gasteiger partial charge on any atom is -0.480 e. The van der Waals surface area contributed by atoms with Crippen LogP contribution >= 0.6 is 0 Å². The van der Waals surface area contributed by atoms with Gasteiger partial charge in [-0.25, -0.2) is 17.5 Å². The highest BCUT2D eigenvalue weighted by Crippen LogP contribution is 2.40. The Balaban J connectivity index is 2.19. The lowest BCUT2D eigenvalue weighted by atomic mass is 9.85. The molecule has 1 saturated heterocycles. The molecule has 7 nitrogen and oxygen atoms in total. The van der Waals surface area contributed by atoms with Crippen molar-refractivity contribution in [3.05, 3.63) is 0 Å². The van der Waals surface area contributed by atoms with Crippen molar-refractivity contribution < 1.29 is 23.1 Å². The average molecular weight is 346 g/mol. The lowest BCUT2D eigenvalue weighted by molar-refractivity contribution is -0.148. The Kier molecular flexibility index (Phi) is 5.67. The molecule has 1 aliphatic carbocycles. The first-order valence-electron chi connectivity index (χ1n) is 8.33. The number of carboxylic acids is 1. The Morgan fingerprint density at radius 3 is 2.35 bits per heavy atom. The molecule has 1 saturated carbocycles. The van der Waals surface area contributed by atoms with E-state index in [9.17, 15) is 23.1 Å². The molecule has 0 aromatic heterocycles. The minimum absolute atomic E-state index is 0.121. The van der Waals surface area contributed by atoms with Gasteiger partial charge in [-0.05, 0) is 25.2 Å². The summed E-state index contributed by atoms with van der Waals surface area (Å²) in [7, 11) is -3.70. The Morgan fingerprint density at radius 2 is 1.78 bits per heavy atom. The Labute approximate surface area is 137 Å². The van der Waals surface area contributed by atoms with Crippen molar-refractivity contribution >= 4 is 21.9 Å². The number of nitrogens with zero attached hydrogens (tertiary/aromatic N) is 2. The minimum atomic E-state index is -3.70. The van der Waals surface area contributed by atoms with E-state index in [2.05, 4.69) is 0 Å². The first kappa shape index (κ1) is 18.2. The maximum absolute atomic E-state index is 12.6. The largest absolute Gasteiger partial charge is 0.480 e. The van der Waals surface area contributed by atoms with Gasteiger partial charge in [-0.15, -0.1) is 0 Å². The number of sulfonamides is 1. The average Bonchev–Trinajstić information content (AvgIpc) is 2.87. The van der Waals surface area contributed by atoms with E-state index < -0.39 is 33.7 Å². The zero-order valence-electron chi connectivity index (χ0n) is 13.8. The van der Waals surface area contributed by atoms with Gasteiger partial charge in [0.1, 0.15) is 11.8 Å². The van der Waals surface area contributed by atoms with Crippen molar-refractivity contribution in [2.24, 2.45) is 5.92 Å². The van der Waals surface area contributed by atoms with Crippen LogP contribution in [0.5, 0.6) is 0 Å². The second kappa shape index (κ2) is 7.17. The van der Waals surface area contributed by atoms with Gasteiger partial charge in [0.05, 0.1) is 0 Å². The van der Waals surface area contributed by atoms with E-state index in [0.717, 1.165) is 25.7 Å². The summed E-state index contributed by atoms with van der Waals surface area (Å²) in [6.07, 6.45) is 4.14. The van der Waals surface area contributed by atoms with Crippen LogP contribution in [0.25, 0.3) is 0 Å². The molecule has 0 radical (unpaired) electrons. The van der Waals surface area contributed by atoms with E-state index in [1.54, 1.807) is 13.8 Å². The summed E-state index contributed by atoms with van der Waals surface area (Å²) in [5, 5.41) is 9.43. The fourth-order valence-corrected chi connectivity index (χ4v) is 5.41. The van der Waals surface area contributed by atoms with Crippen molar-refractivity contribution in [3.8, 4) is 0 Å². The normalized spacial score (nSPS) is 28.0. The van der Waals surface area contributed by atoms with Gasteiger partial charge in [-0.2, -0.15) is 0 Å². The lowest BCUT2D eigenvalue weighted by Crippen LogP contribution is -2.49. The molecular formula is C15H26N2O5S. The number of carbonyl (C=O) groups is 2. The zero-order valence-corrected chi connectivity index (χ0v) is 14.6. The summed E-state index contributed by atoms with van der Waals surface area (Å²) in [5.74, 6) is -2.06. The number of likely N-dealkylation sites (tertiary alicyclic amines) is 1. The highest BCUT2D eigenvalue weighted by Gasteiger charge is 2.48. The van der Waals surface area contributed by atoms with Crippen molar-refractivity contribution in [1.29, 1.82) is 0 Å². The van der Waals surface area contributed by atoms with Gasteiger partial charge in [-0.1, -0.05) is 26.7 Å². The standard InChI is InChI=1S/C15H26N2O5S/c1-3-16(4-2)23(21,22)10-14(18)17-12-8-6-5-7-11(12)9-13(17)15(19)20/h11-13H,3-10H2,1-2H3,(H,19,20). The van der Waals surface area contributed by atoms with Crippen LogP contribution in [-0.2, 0) is 19.6 Å². The molecule has 3 atom stereocenters. The molecule has 23 heavy (non-hydrogen) atoms. The third-order valence-electron chi connectivity index (χ3n) is 5.07. The molecule has 1 amide bonds. The summed E-state index contributed by atoms with van der Waals surface area (Å²) in [6, 6.07) is -1.01. The fraction of sp³-hybridized carbons (Fsp3) is 0.867. The number of hydrogen-bond donors (Lipinski definition) is 1. The fourth-order valence-electron chi connectivity index (χ4n) is 3.98. The van der Waals surface area contributed by atoms with Gasteiger partial charge < -0.3 is 10.0 Å². The van der Waals surface area contributed by atoms with Crippen molar-refractivity contribution in [2.45, 2.75) is 58.0 Å². The number of amides is 1. The highest BCUT2D eigenvalue weighted by molar-refractivity contribution is 7.89. The molecule has 3 unspecified atom stereocenters. The predicted molar refractivity (Wildman–Crippen MR) is 85.3 cm³/mol. The number of carboxylic acid groups (broad SMARTS) is 1. The molecule has 1 heterocycles. The Morgan fingerprint density at radius 1 is 1.17 bits per heavy atom. The van der Waals surface area contributed by atoms with Crippen LogP contribution in [0.15, 0.2) is 0 Å². The summed E-state index contributed by atoms with van der Waals surface area (Å²) < 4.78 is 25.9. The number of aliphatic carboxylic acids is 1. The van der Waals surface area contributed by atoms with Gasteiger partial charge in [0, 0.05) is 19.1 Å². The predicted octanol–water partition coefficient (Wildman–Crippen LogP) is 0.902. The first-order chi connectivity index (χ1) is 10.8. The maximum atomic E-state index is 12.6. The molecular weight excluding hydrogens is 320 g/mol. The van der Waals surface area contributed by atoms with Crippen LogP contribution in [-0.4, -0.2) is 65.5 Å². The molecule has 0 aromatic rings. The topological polar surface area (TPSA) is 95.0 Å². The molecule has 2 aliphatic rings. The third-order valence-corrected chi connectivity index (χ3v) is 6.98. The monoisotopic (exact) mass is 346 g/mol. The number of hydrogen-bond acceptors (Lipinski definition) is 4. The summed E-state index contributed by atoms with van der Waals surface area (Å²) >= 11 is 0. The Bertz CT molecular complexity index is 558. The van der Waals surface area contributed by atoms with Gasteiger partial charge in [0.15, 0.2) is 0 Å². The molecule has 1 N–H and O–H groups in total. The quantitative estimate of drug-likeness (QED) is 0.771. The van der Waals surface area contributed by atoms with E-state index in [1.807, 2.05) is 0 Å².